The first-order valence-corrected chi connectivity index (χ1v) is 4.64. The second kappa shape index (κ2) is 3.96. The minimum absolute atomic E-state index is 0.230. The number of hydrogen-bond acceptors (Lipinski definition) is 2. The van der Waals surface area contributed by atoms with Crippen molar-refractivity contribution in [3.05, 3.63) is 36.5 Å². The van der Waals surface area contributed by atoms with Gasteiger partial charge in [0.25, 0.3) is 0 Å². The third-order valence-corrected chi connectivity index (χ3v) is 2.12. The van der Waals surface area contributed by atoms with Gasteiger partial charge < -0.3 is 10.6 Å². The molecule has 0 saturated heterocycles. The summed E-state index contributed by atoms with van der Waals surface area (Å²) in [5.74, 6) is 0. The lowest BCUT2D eigenvalue weighted by Gasteiger charge is -2.06. The van der Waals surface area contributed by atoms with Crippen molar-refractivity contribution in [1.82, 2.24) is 10.3 Å². The minimum Gasteiger partial charge on any atom is -0.341 e. The van der Waals surface area contributed by atoms with E-state index in [1.165, 1.54) is 0 Å². The highest BCUT2D eigenvalue weighted by Crippen LogP contribution is 2.20. The van der Waals surface area contributed by atoms with Crippen LogP contribution < -0.4 is 10.6 Å². The molecule has 76 valence electrons. The smallest absolute Gasteiger partial charge is 0.318 e. The second-order valence-corrected chi connectivity index (χ2v) is 3.08. The van der Waals surface area contributed by atoms with E-state index in [1.54, 1.807) is 13.2 Å². The lowest BCUT2D eigenvalue weighted by Crippen LogP contribution is -2.24. The number of amides is 2. The van der Waals surface area contributed by atoms with Crippen LogP contribution in [-0.4, -0.2) is 18.1 Å². The summed E-state index contributed by atoms with van der Waals surface area (Å²) < 4.78 is 0. The lowest BCUT2D eigenvalue weighted by molar-refractivity contribution is 0.254. The standard InChI is InChI=1S/C11H11N3O/c1-12-11(15)14-10-6-2-5-9-8(10)4-3-7-13-9/h2-7H,1H3,(H2,12,14,15). The quantitative estimate of drug-likeness (QED) is 0.741. The van der Waals surface area contributed by atoms with Gasteiger partial charge in [0, 0.05) is 18.6 Å². The maximum Gasteiger partial charge on any atom is 0.318 e. The van der Waals surface area contributed by atoms with E-state index in [2.05, 4.69) is 15.6 Å². The van der Waals surface area contributed by atoms with Crippen molar-refractivity contribution in [2.75, 3.05) is 12.4 Å². The molecule has 1 aromatic heterocycles. The molecule has 2 rings (SSSR count). The molecule has 0 aliphatic carbocycles. The van der Waals surface area contributed by atoms with Gasteiger partial charge in [-0.3, -0.25) is 4.98 Å². The summed E-state index contributed by atoms with van der Waals surface area (Å²) in [4.78, 5) is 15.4. The number of benzene rings is 1. The first kappa shape index (κ1) is 9.45. The number of rotatable bonds is 1. The Hall–Kier alpha value is -2.10. The van der Waals surface area contributed by atoms with E-state index in [-0.39, 0.29) is 6.03 Å². The molecule has 0 fully saturated rings. The molecule has 15 heavy (non-hydrogen) atoms. The average molecular weight is 201 g/mol. The maximum absolute atomic E-state index is 11.2. The van der Waals surface area contributed by atoms with Crippen molar-refractivity contribution in [2.24, 2.45) is 0 Å². The predicted octanol–water partition coefficient (Wildman–Crippen LogP) is 1.99. The molecule has 0 unspecified atom stereocenters. The molecule has 0 saturated carbocycles. The van der Waals surface area contributed by atoms with E-state index in [0.29, 0.717) is 0 Å². The van der Waals surface area contributed by atoms with Crippen LogP contribution in [0, 0.1) is 0 Å². The molecule has 0 radical (unpaired) electrons. The molecule has 0 bridgehead atoms. The highest BCUT2D eigenvalue weighted by atomic mass is 16.2. The van der Waals surface area contributed by atoms with Gasteiger partial charge in [0.2, 0.25) is 0 Å². The fourth-order valence-electron chi connectivity index (χ4n) is 1.40. The molecular weight excluding hydrogens is 190 g/mol. The first-order valence-electron chi connectivity index (χ1n) is 4.64. The van der Waals surface area contributed by atoms with E-state index in [1.807, 2.05) is 30.3 Å². The fourth-order valence-corrected chi connectivity index (χ4v) is 1.40. The monoisotopic (exact) mass is 201 g/mol. The lowest BCUT2D eigenvalue weighted by atomic mass is 10.2. The predicted molar refractivity (Wildman–Crippen MR) is 59.8 cm³/mol. The summed E-state index contributed by atoms with van der Waals surface area (Å²) in [7, 11) is 1.58. The van der Waals surface area contributed by atoms with Crippen LogP contribution >= 0.6 is 0 Å². The van der Waals surface area contributed by atoms with Crippen LogP contribution in [-0.2, 0) is 0 Å². The SMILES string of the molecule is CNC(=O)Nc1cccc2ncccc12. The maximum atomic E-state index is 11.2. The number of aromatic nitrogens is 1. The largest absolute Gasteiger partial charge is 0.341 e. The van der Waals surface area contributed by atoms with Crippen LogP contribution in [0.5, 0.6) is 0 Å². The van der Waals surface area contributed by atoms with Crippen LogP contribution in [0.15, 0.2) is 36.5 Å². The molecule has 0 spiro atoms. The Morgan fingerprint density at radius 1 is 1.27 bits per heavy atom. The number of hydrogen-bond donors (Lipinski definition) is 2. The molecule has 0 aliphatic heterocycles. The van der Waals surface area contributed by atoms with Gasteiger partial charge in [-0.1, -0.05) is 6.07 Å². The Morgan fingerprint density at radius 2 is 2.13 bits per heavy atom. The molecule has 2 N–H and O–H groups in total. The van der Waals surface area contributed by atoms with Crippen LogP contribution in [0.1, 0.15) is 0 Å². The van der Waals surface area contributed by atoms with Crippen molar-refractivity contribution in [3.8, 4) is 0 Å². The number of nitrogens with one attached hydrogen (secondary N) is 2. The van der Waals surface area contributed by atoms with E-state index >= 15 is 0 Å². The topological polar surface area (TPSA) is 54.0 Å². The Bertz CT molecular complexity index is 491. The number of fused-ring (bicyclic) bond motifs is 1. The summed E-state index contributed by atoms with van der Waals surface area (Å²) in [6, 6.07) is 9.15. The zero-order chi connectivity index (χ0) is 10.7. The van der Waals surface area contributed by atoms with Gasteiger partial charge in [-0.05, 0) is 24.3 Å². The summed E-state index contributed by atoms with van der Waals surface area (Å²) in [5.41, 5.74) is 1.63. The number of pyridine rings is 1. The van der Waals surface area contributed by atoms with Gasteiger partial charge in [-0.25, -0.2) is 4.79 Å². The van der Waals surface area contributed by atoms with Gasteiger partial charge in [0.15, 0.2) is 0 Å². The van der Waals surface area contributed by atoms with Crippen molar-refractivity contribution < 1.29 is 4.79 Å². The summed E-state index contributed by atoms with van der Waals surface area (Å²) in [5, 5.41) is 6.19. The third-order valence-electron chi connectivity index (χ3n) is 2.12. The highest BCUT2D eigenvalue weighted by Gasteiger charge is 2.03. The highest BCUT2D eigenvalue weighted by molar-refractivity contribution is 6.00. The number of carbonyl (C=O) groups is 1. The Morgan fingerprint density at radius 3 is 2.93 bits per heavy atom. The van der Waals surface area contributed by atoms with Crippen molar-refractivity contribution in [3.63, 3.8) is 0 Å². The Kier molecular flexibility index (Phi) is 2.49. The Balaban J connectivity index is 2.46. The molecule has 2 aromatic rings. The van der Waals surface area contributed by atoms with Crippen molar-refractivity contribution in [2.45, 2.75) is 0 Å². The normalized spacial score (nSPS) is 9.93. The van der Waals surface area contributed by atoms with E-state index in [9.17, 15) is 4.79 Å². The zero-order valence-corrected chi connectivity index (χ0v) is 8.32. The number of urea groups is 1. The van der Waals surface area contributed by atoms with Gasteiger partial charge in [-0.2, -0.15) is 0 Å². The second-order valence-electron chi connectivity index (χ2n) is 3.08. The third kappa shape index (κ3) is 1.88. The summed E-state index contributed by atoms with van der Waals surface area (Å²) >= 11 is 0. The van der Waals surface area contributed by atoms with Crippen LogP contribution in [0.4, 0.5) is 10.5 Å². The van der Waals surface area contributed by atoms with Crippen LogP contribution in [0.3, 0.4) is 0 Å². The molecule has 4 heteroatoms. The molecule has 0 atom stereocenters. The zero-order valence-electron chi connectivity index (χ0n) is 8.32. The first-order chi connectivity index (χ1) is 7.31. The fraction of sp³-hybridized carbons (Fsp3) is 0.0909. The number of carbonyl (C=O) groups excluding carboxylic acids is 1. The van der Waals surface area contributed by atoms with E-state index in [0.717, 1.165) is 16.6 Å². The van der Waals surface area contributed by atoms with Crippen molar-refractivity contribution >= 4 is 22.6 Å². The number of anilines is 1. The van der Waals surface area contributed by atoms with Gasteiger partial charge in [0.1, 0.15) is 0 Å². The van der Waals surface area contributed by atoms with E-state index < -0.39 is 0 Å². The summed E-state index contributed by atoms with van der Waals surface area (Å²) in [6.07, 6.45) is 1.73. The molecule has 1 aromatic carbocycles. The molecular formula is C11H11N3O. The Labute approximate surface area is 87.3 Å². The van der Waals surface area contributed by atoms with Gasteiger partial charge in [-0.15, -0.1) is 0 Å². The minimum atomic E-state index is -0.230. The van der Waals surface area contributed by atoms with Crippen LogP contribution in [0.2, 0.25) is 0 Å². The number of nitrogens with zero attached hydrogens (tertiary/aromatic N) is 1. The molecule has 4 nitrogen and oxygen atoms in total. The molecule has 2 amide bonds. The molecule has 0 aliphatic rings. The molecule has 1 heterocycles. The average Bonchev–Trinajstić information content (AvgIpc) is 2.29. The van der Waals surface area contributed by atoms with Crippen LogP contribution in [0.25, 0.3) is 10.9 Å². The van der Waals surface area contributed by atoms with E-state index in [4.69, 9.17) is 0 Å². The van der Waals surface area contributed by atoms with Gasteiger partial charge >= 0.3 is 6.03 Å². The summed E-state index contributed by atoms with van der Waals surface area (Å²) in [6.45, 7) is 0. The van der Waals surface area contributed by atoms with Crippen molar-refractivity contribution in [1.29, 1.82) is 0 Å². The van der Waals surface area contributed by atoms with Gasteiger partial charge in [0.05, 0.1) is 11.2 Å².